The smallest absolute Gasteiger partial charge is 0.322 e. The highest BCUT2D eigenvalue weighted by Gasteiger charge is 2.54. The molecule has 2 aliphatic rings. The van der Waals surface area contributed by atoms with Crippen LogP contribution in [0.5, 0.6) is 0 Å². The van der Waals surface area contributed by atoms with Crippen LogP contribution in [0.3, 0.4) is 0 Å². The summed E-state index contributed by atoms with van der Waals surface area (Å²) in [6.45, 7) is 3.64. The molecule has 2 fully saturated rings. The monoisotopic (exact) mass is 166 g/mol. The van der Waals surface area contributed by atoms with Crippen molar-refractivity contribution in [3.8, 4) is 0 Å². The molecule has 2 rings (SSSR count). The van der Waals surface area contributed by atoms with Gasteiger partial charge in [0.25, 0.3) is 5.91 Å². The predicted molar refractivity (Wildman–Crippen MR) is 42.3 cm³/mol. The molecule has 0 aromatic rings. The molecule has 0 bridgehead atoms. The number of hydrogen-bond donors (Lipinski definition) is 2. The van der Waals surface area contributed by atoms with Crippen LogP contribution in [-0.2, 0) is 4.79 Å². The topological polar surface area (TPSA) is 58.2 Å². The summed E-state index contributed by atoms with van der Waals surface area (Å²) in [6, 6.07) is -0.373. The highest BCUT2D eigenvalue weighted by Crippen LogP contribution is 2.40. The van der Waals surface area contributed by atoms with E-state index in [4.69, 9.17) is 0 Å². The minimum absolute atomic E-state index is 0.189. The SMILES string of the molecule is C=CC1CC2(C1)NC(=O)NC2=O. The zero-order valence-corrected chi connectivity index (χ0v) is 6.59. The Labute approximate surface area is 70.0 Å². The summed E-state index contributed by atoms with van der Waals surface area (Å²) < 4.78 is 0. The van der Waals surface area contributed by atoms with Gasteiger partial charge in [-0.3, -0.25) is 10.1 Å². The van der Waals surface area contributed by atoms with Crippen LogP contribution >= 0.6 is 0 Å². The van der Waals surface area contributed by atoms with Crippen LogP contribution in [0.1, 0.15) is 12.8 Å². The van der Waals surface area contributed by atoms with Crippen LogP contribution in [0, 0.1) is 5.92 Å². The van der Waals surface area contributed by atoms with E-state index in [-0.39, 0.29) is 11.9 Å². The molecular formula is C8H10N2O2. The lowest BCUT2D eigenvalue weighted by molar-refractivity contribution is -0.127. The summed E-state index contributed by atoms with van der Waals surface area (Å²) in [5.41, 5.74) is -0.601. The van der Waals surface area contributed by atoms with E-state index in [0.29, 0.717) is 18.8 Å². The number of amides is 3. The lowest BCUT2D eigenvalue weighted by Gasteiger charge is -2.40. The third-order valence-corrected chi connectivity index (χ3v) is 2.57. The normalized spacial score (nSPS) is 38.8. The van der Waals surface area contributed by atoms with Gasteiger partial charge in [-0.15, -0.1) is 6.58 Å². The number of carbonyl (C=O) groups is 2. The van der Waals surface area contributed by atoms with E-state index in [9.17, 15) is 9.59 Å². The third-order valence-electron chi connectivity index (χ3n) is 2.57. The third kappa shape index (κ3) is 0.776. The molecule has 1 aliphatic carbocycles. The van der Waals surface area contributed by atoms with Crippen molar-refractivity contribution in [2.24, 2.45) is 5.92 Å². The first kappa shape index (κ1) is 7.34. The van der Waals surface area contributed by atoms with Crippen molar-refractivity contribution >= 4 is 11.9 Å². The van der Waals surface area contributed by atoms with Gasteiger partial charge in [-0.05, 0) is 18.8 Å². The Morgan fingerprint density at radius 3 is 2.58 bits per heavy atom. The van der Waals surface area contributed by atoms with E-state index in [0.717, 1.165) is 0 Å². The minimum atomic E-state index is -0.601. The average Bonchev–Trinajstić information content (AvgIpc) is 2.22. The predicted octanol–water partition coefficient (Wildman–Crippen LogP) is 0.161. The quantitative estimate of drug-likeness (QED) is 0.430. The molecule has 1 spiro atoms. The second-order valence-corrected chi connectivity index (χ2v) is 3.39. The van der Waals surface area contributed by atoms with E-state index < -0.39 is 5.54 Å². The number of nitrogens with one attached hydrogen (secondary N) is 2. The summed E-state index contributed by atoms with van der Waals surface area (Å²) in [5.74, 6) is 0.180. The molecule has 0 atom stereocenters. The van der Waals surface area contributed by atoms with Crippen molar-refractivity contribution in [2.45, 2.75) is 18.4 Å². The van der Waals surface area contributed by atoms with Gasteiger partial charge in [-0.25, -0.2) is 4.79 Å². The van der Waals surface area contributed by atoms with Gasteiger partial charge in [0.2, 0.25) is 0 Å². The van der Waals surface area contributed by atoms with Crippen molar-refractivity contribution < 1.29 is 9.59 Å². The van der Waals surface area contributed by atoms with Gasteiger partial charge in [0.1, 0.15) is 5.54 Å². The van der Waals surface area contributed by atoms with Crippen molar-refractivity contribution in [3.05, 3.63) is 12.7 Å². The first-order chi connectivity index (χ1) is 5.66. The van der Waals surface area contributed by atoms with Crippen LogP contribution in [-0.4, -0.2) is 17.5 Å². The van der Waals surface area contributed by atoms with Crippen LogP contribution in [0.4, 0.5) is 4.79 Å². The molecule has 1 saturated carbocycles. The standard InChI is InChI=1S/C8H10N2O2/c1-2-5-3-8(4-5)6(11)9-7(12)10-8/h2,5H,1,3-4H2,(H2,9,10,11,12). The average molecular weight is 166 g/mol. The molecule has 64 valence electrons. The molecule has 1 saturated heterocycles. The van der Waals surface area contributed by atoms with Crippen molar-refractivity contribution in [3.63, 3.8) is 0 Å². The maximum Gasteiger partial charge on any atom is 0.322 e. The van der Waals surface area contributed by atoms with Gasteiger partial charge in [-0.2, -0.15) is 0 Å². The van der Waals surface area contributed by atoms with E-state index in [1.807, 2.05) is 6.08 Å². The first-order valence-electron chi connectivity index (χ1n) is 3.92. The summed E-state index contributed by atoms with van der Waals surface area (Å²) in [7, 11) is 0. The molecule has 1 heterocycles. The summed E-state index contributed by atoms with van der Waals surface area (Å²) in [5, 5.41) is 4.86. The van der Waals surface area contributed by atoms with E-state index in [2.05, 4.69) is 17.2 Å². The maximum absolute atomic E-state index is 11.2. The lowest BCUT2D eigenvalue weighted by Crippen LogP contribution is -2.56. The minimum Gasteiger partial charge on any atom is -0.323 e. The Morgan fingerprint density at radius 1 is 1.50 bits per heavy atom. The van der Waals surface area contributed by atoms with Gasteiger partial charge in [0.05, 0.1) is 0 Å². The molecule has 1 aliphatic heterocycles. The molecule has 2 N–H and O–H groups in total. The number of urea groups is 1. The van der Waals surface area contributed by atoms with Gasteiger partial charge < -0.3 is 5.32 Å². The molecule has 0 aromatic carbocycles. The summed E-state index contributed by atoms with van der Waals surface area (Å²) in [6.07, 6.45) is 3.20. The Morgan fingerprint density at radius 2 is 2.17 bits per heavy atom. The van der Waals surface area contributed by atoms with Gasteiger partial charge in [-0.1, -0.05) is 6.08 Å². The molecule has 12 heavy (non-hydrogen) atoms. The first-order valence-corrected chi connectivity index (χ1v) is 3.92. The molecule has 4 nitrogen and oxygen atoms in total. The van der Waals surface area contributed by atoms with Gasteiger partial charge >= 0.3 is 6.03 Å². The number of hydrogen-bond acceptors (Lipinski definition) is 2. The molecule has 4 heteroatoms. The number of allylic oxidation sites excluding steroid dienone is 1. The molecule has 0 unspecified atom stereocenters. The van der Waals surface area contributed by atoms with E-state index in [1.165, 1.54) is 0 Å². The summed E-state index contributed by atoms with van der Waals surface area (Å²) >= 11 is 0. The molecule has 0 aromatic heterocycles. The Balaban J connectivity index is 2.11. The molecule has 3 amide bonds. The van der Waals surface area contributed by atoms with Crippen molar-refractivity contribution in [1.82, 2.24) is 10.6 Å². The fourth-order valence-electron chi connectivity index (χ4n) is 1.82. The van der Waals surface area contributed by atoms with Crippen LogP contribution in [0.2, 0.25) is 0 Å². The highest BCUT2D eigenvalue weighted by atomic mass is 16.2. The van der Waals surface area contributed by atoms with Crippen molar-refractivity contribution in [1.29, 1.82) is 0 Å². The lowest BCUT2D eigenvalue weighted by atomic mass is 9.68. The Hall–Kier alpha value is -1.32. The molecule has 0 radical (unpaired) electrons. The van der Waals surface area contributed by atoms with E-state index in [1.54, 1.807) is 0 Å². The molecular weight excluding hydrogens is 156 g/mol. The van der Waals surface area contributed by atoms with E-state index >= 15 is 0 Å². The van der Waals surface area contributed by atoms with Crippen LogP contribution in [0.25, 0.3) is 0 Å². The largest absolute Gasteiger partial charge is 0.323 e. The fourth-order valence-corrected chi connectivity index (χ4v) is 1.82. The van der Waals surface area contributed by atoms with Crippen molar-refractivity contribution in [2.75, 3.05) is 0 Å². The second-order valence-electron chi connectivity index (χ2n) is 3.39. The zero-order valence-electron chi connectivity index (χ0n) is 6.59. The Bertz CT molecular complexity index is 266. The maximum atomic E-state index is 11.2. The van der Waals surface area contributed by atoms with Gasteiger partial charge in [0, 0.05) is 0 Å². The van der Waals surface area contributed by atoms with Crippen LogP contribution < -0.4 is 10.6 Å². The second kappa shape index (κ2) is 2.09. The van der Waals surface area contributed by atoms with Gasteiger partial charge in [0.15, 0.2) is 0 Å². The number of rotatable bonds is 1. The van der Waals surface area contributed by atoms with Crippen LogP contribution in [0.15, 0.2) is 12.7 Å². The fraction of sp³-hybridized carbons (Fsp3) is 0.500. The zero-order chi connectivity index (χ0) is 8.77. The highest BCUT2D eigenvalue weighted by molar-refractivity contribution is 6.07. The number of carbonyl (C=O) groups excluding carboxylic acids is 2. The number of imide groups is 1. The summed E-state index contributed by atoms with van der Waals surface area (Å²) in [4.78, 5) is 22.0. The Kier molecular flexibility index (Phi) is 1.28.